The third-order valence-corrected chi connectivity index (χ3v) is 4.80. The van der Waals surface area contributed by atoms with Crippen LogP contribution in [0, 0.1) is 6.92 Å². The number of fused-ring (bicyclic) bond motifs is 1. The van der Waals surface area contributed by atoms with E-state index in [-0.39, 0.29) is 11.5 Å². The second kappa shape index (κ2) is 7.18. The Labute approximate surface area is 150 Å². The minimum atomic E-state index is -0.0643. The standard InChI is InChI=1S/C21H27N3O/c1-15-8-4-6-10-17(15)21(2,3)14-23-20(22)24-18-12-13-25-19-11-7-5-9-16(18)19/h4-11,18H,12-14H2,1-3H3,(H3,22,23,24). The molecule has 3 N–H and O–H groups in total. The van der Waals surface area contributed by atoms with Gasteiger partial charge in [0.25, 0.3) is 0 Å². The molecule has 132 valence electrons. The van der Waals surface area contributed by atoms with E-state index in [1.54, 1.807) is 0 Å². The van der Waals surface area contributed by atoms with E-state index in [2.05, 4.69) is 61.4 Å². The summed E-state index contributed by atoms with van der Waals surface area (Å²) >= 11 is 0. The zero-order chi connectivity index (χ0) is 17.9. The van der Waals surface area contributed by atoms with Crippen LogP contribution in [0.2, 0.25) is 0 Å². The summed E-state index contributed by atoms with van der Waals surface area (Å²) in [5, 5.41) is 3.36. The highest BCUT2D eigenvalue weighted by molar-refractivity contribution is 5.78. The summed E-state index contributed by atoms with van der Waals surface area (Å²) in [4.78, 5) is 4.62. The minimum absolute atomic E-state index is 0.0643. The van der Waals surface area contributed by atoms with Crippen LogP contribution in [0.25, 0.3) is 0 Å². The number of nitrogens with zero attached hydrogens (tertiary/aromatic N) is 1. The molecule has 1 aliphatic heterocycles. The molecule has 1 aliphatic rings. The van der Waals surface area contributed by atoms with Gasteiger partial charge in [0.1, 0.15) is 5.75 Å². The fourth-order valence-corrected chi connectivity index (χ4v) is 3.42. The van der Waals surface area contributed by atoms with Crippen molar-refractivity contribution in [3.63, 3.8) is 0 Å². The number of ether oxygens (including phenoxy) is 1. The summed E-state index contributed by atoms with van der Waals surface area (Å²) < 4.78 is 5.70. The largest absolute Gasteiger partial charge is 0.493 e. The molecule has 0 spiro atoms. The summed E-state index contributed by atoms with van der Waals surface area (Å²) in [6.45, 7) is 7.88. The van der Waals surface area contributed by atoms with Crippen LogP contribution in [0.15, 0.2) is 53.5 Å². The highest BCUT2D eigenvalue weighted by Crippen LogP contribution is 2.31. The molecule has 1 unspecified atom stereocenters. The lowest BCUT2D eigenvalue weighted by Crippen LogP contribution is -2.38. The average molecular weight is 337 g/mol. The molecular formula is C21H27N3O. The number of aliphatic imine (C=N–C) groups is 1. The molecule has 0 aliphatic carbocycles. The van der Waals surface area contributed by atoms with Crippen LogP contribution in [0.3, 0.4) is 0 Å². The Bertz CT molecular complexity index is 767. The monoisotopic (exact) mass is 337 g/mol. The third-order valence-electron chi connectivity index (χ3n) is 4.80. The molecule has 0 radical (unpaired) electrons. The van der Waals surface area contributed by atoms with E-state index in [1.807, 2.05) is 18.2 Å². The van der Waals surface area contributed by atoms with E-state index in [0.717, 1.165) is 17.7 Å². The van der Waals surface area contributed by atoms with Crippen molar-refractivity contribution in [3.05, 3.63) is 65.2 Å². The van der Waals surface area contributed by atoms with Crippen molar-refractivity contribution >= 4 is 5.96 Å². The summed E-state index contributed by atoms with van der Waals surface area (Å²) in [5.74, 6) is 1.42. The van der Waals surface area contributed by atoms with Crippen LogP contribution >= 0.6 is 0 Å². The first-order valence-electron chi connectivity index (χ1n) is 8.82. The summed E-state index contributed by atoms with van der Waals surface area (Å²) in [5.41, 5.74) is 9.86. The molecule has 4 nitrogen and oxygen atoms in total. The zero-order valence-corrected chi connectivity index (χ0v) is 15.3. The maximum absolute atomic E-state index is 6.18. The molecule has 1 heterocycles. The van der Waals surface area contributed by atoms with Crippen LogP contribution in [-0.4, -0.2) is 19.1 Å². The molecule has 0 aromatic heterocycles. The number of benzene rings is 2. The van der Waals surface area contributed by atoms with Crippen LogP contribution in [0.1, 0.15) is 43.0 Å². The van der Waals surface area contributed by atoms with Crippen molar-refractivity contribution in [2.24, 2.45) is 10.7 Å². The molecule has 0 bridgehead atoms. The Morgan fingerprint density at radius 1 is 1.20 bits per heavy atom. The van der Waals surface area contributed by atoms with Gasteiger partial charge in [-0.3, -0.25) is 4.99 Å². The lowest BCUT2D eigenvalue weighted by Gasteiger charge is -2.28. The van der Waals surface area contributed by atoms with Gasteiger partial charge in [-0.2, -0.15) is 0 Å². The molecule has 0 amide bonds. The maximum atomic E-state index is 6.18. The van der Waals surface area contributed by atoms with Crippen LogP contribution in [0.4, 0.5) is 0 Å². The highest BCUT2D eigenvalue weighted by Gasteiger charge is 2.23. The maximum Gasteiger partial charge on any atom is 0.189 e. The van der Waals surface area contributed by atoms with Gasteiger partial charge in [-0.25, -0.2) is 0 Å². The topological polar surface area (TPSA) is 59.6 Å². The highest BCUT2D eigenvalue weighted by atomic mass is 16.5. The minimum Gasteiger partial charge on any atom is -0.493 e. The molecule has 2 aromatic rings. The summed E-state index contributed by atoms with van der Waals surface area (Å²) in [7, 11) is 0. The van der Waals surface area contributed by atoms with Crippen molar-refractivity contribution in [1.82, 2.24) is 5.32 Å². The van der Waals surface area contributed by atoms with Crippen LogP contribution in [0.5, 0.6) is 5.75 Å². The lowest BCUT2D eigenvalue weighted by atomic mass is 9.82. The molecule has 25 heavy (non-hydrogen) atoms. The van der Waals surface area contributed by atoms with Gasteiger partial charge >= 0.3 is 0 Å². The lowest BCUT2D eigenvalue weighted by molar-refractivity contribution is 0.262. The normalized spacial score (nSPS) is 17.6. The second-order valence-electron chi connectivity index (χ2n) is 7.27. The molecule has 2 aromatic carbocycles. The van der Waals surface area contributed by atoms with E-state index in [4.69, 9.17) is 10.5 Å². The van der Waals surface area contributed by atoms with Gasteiger partial charge < -0.3 is 15.8 Å². The first-order chi connectivity index (χ1) is 12.0. The van der Waals surface area contributed by atoms with E-state index in [0.29, 0.717) is 19.1 Å². The predicted molar refractivity (Wildman–Crippen MR) is 103 cm³/mol. The number of nitrogens with one attached hydrogen (secondary N) is 1. The molecule has 4 heteroatoms. The van der Waals surface area contributed by atoms with Gasteiger partial charge in [-0.15, -0.1) is 0 Å². The van der Waals surface area contributed by atoms with E-state index in [9.17, 15) is 0 Å². The van der Waals surface area contributed by atoms with Crippen molar-refractivity contribution < 1.29 is 4.74 Å². The smallest absolute Gasteiger partial charge is 0.189 e. The first-order valence-corrected chi connectivity index (χ1v) is 8.82. The number of guanidine groups is 1. The average Bonchev–Trinajstić information content (AvgIpc) is 2.61. The Morgan fingerprint density at radius 3 is 2.72 bits per heavy atom. The first kappa shape index (κ1) is 17.3. The summed E-state index contributed by atoms with van der Waals surface area (Å²) in [6.07, 6.45) is 0.883. The molecular weight excluding hydrogens is 310 g/mol. The Morgan fingerprint density at radius 2 is 1.92 bits per heavy atom. The number of hydrogen-bond acceptors (Lipinski definition) is 2. The fourth-order valence-electron chi connectivity index (χ4n) is 3.42. The van der Waals surface area contributed by atoms with Gasteiger partial charge in [-0.1, -0.05) is 56.3 Å². The number of nitrogens with two attached hydrogens (primary N) is 1. The van der Waals surface area contributed by atoms with Gasteiger partial charge in [0.2, 0.25) is 0 Å². The molecule has 3 rings (SSSR count). The number of aryl methyl sites for hydroxylation is 1. The van der Waals surface area contributed by atoms with Gasteiger partial charge in [0.05, 0.1) is 19.2 Å². The predicted octanol–water partition coefficient (Wildman–Crippen LogP) is 3.70. The van der Waals surface area contributed by atoms with Gasteiger partial charge in [-0.05, 0) is 24.1 Å². The van der Waals surface area contributed by atoms with Crippen molar-refractivity contribution in [1.29, 1.82) is 0 Å². The fraction of sp³-hybridized carbons (Fsp3) is 0.381. The Hall–Kier alpha value is -2.49. The number of para-hydroxylation sites is 1. The van der Waals surface area contributed by atoms with E-state index in [1.165, 1.54) is 11.1 Å². The van der Waals surface area contributed by atoms with Crippen LogP contribution in [-0.2, 0) is 5.41 Å². The second-order valence-corrected chi connectivity index (χ2v) is 7.27. The molecule has 0 fully saturated rings. The SMILES string of the molecule is Cc1ccccc1C(C)(C)CN=C(N)NC1CCOc2ccccc21. The zero-order valence-electron chi connectivity index (χ0n) is 15.3. The van der Waals surface area contributed by atoms with Crippen molar-refractivity contribution in [2.45, 2.75) is 38.6 Å². The van der Waals surface area contributed by atoms with Crippen molar-refractivity contribution in [2.75, 3.05) is 13.2 Å². The number of hydrogen-bond donors (Lipinski definition) is 2. The quantitative estimate of drug-likeness (QED) is 0.660. The van der Waals surface area contributed by atoms with E-state index < -0.39 is 0 Å². The summed E-state index contributed by atoms with van der Waals surface area (Å²) in [6, 6.07) is 16.7. The van der Waals surface area contributed by atoms with Crippen LogP contribution < -0.4 is 15.8 Å². The van der Waals surface area contributed by atoms with Gasteiger partial charge in [0.15, 0.2) is 5.96 Å². The van der Waals surface area contributed by atoms with Crippen molar-refractivity contribution in [3.8, 4) is 5.75 Å². The number of rotatable bonds is 4. The molecule has 0 saturated heterocycles. The van der Waals surface area contributed by atoms with Gasteiger partial charge in [0, 0.05) is 17.4 Å². The Balaban J connectivity index is 1.70. The van der Waals surface area contributed by atoms with E-state index >= 15 is 0 Å². The third kappa shape index (κ3) is 3.95. The Kier molecular flexibility index (Phi) is 4.98. The molecule has 0 saturated carbocycles. The molecule has 1 atom stereocenters.